The Morgan fingerprint density at radius 3 is 2.26 bits per heavy atom. The topological polar surface area (TPSA) is 174 Å². The number of carbonyl (C=O) groups is 2. The van der Waals surface area contributed by atoms with Crippen molar-refractivity contribution in [2.24, 2.45) is 11.8 Å². The van der Waals surface area contributed by atoms with Crippen molar-refractivity contribution in [1.82, 2.24) is 5.32 Å². The molecule has 0 spiro atoms. The summed E-state index contributed by atoms with van der Waals surface area (Å²) >= 11 is 0. The van der Waals surface area contributed by atoms with Crippen LogP contribution in [0.1, 0.15) is 67.3 Å². The third kappa shape index (κ3) is 10.8. The fourth-order valence-electron chi connectivity index (χ4n) is 6.81. The van der Waals surface area contributed by atoms with E-state index >= 15 is 0 Å². The van der Waals surface area contributed by atoms with Crippen LogP contribution in [0.4, 0.5) is 10.1 Å². The molecule has 1 unspecified atom stereocenters. The molecule has 54 heavy (non-hydrogen) atoms. The van der Waals surface area contributed by atoms with Gasteiger partial charge in [-0.2, -0.15) is 0 Å². The maximum atomic E-state index is 13.7. The Labute approximate surface area is 315 Å². The zero-order valence-corrected chi connectivity index (χ0v) is 31.9. The minimum Gasteiger partial charge on any atom is -0.502 e. The minimum atomic E-state index is -3.73. The number of nitrogens with zero attached hydrogens (tertiary/aromatic N) is 1. The molecule has 1 amide bonds. The molecule has 3 N–H and O–H groups in total. The van der Waals surface area contributed by atoms with Gasteiger partial charge < -0.3 is 38.9 Å². The van der Waals surface area contributed by atoms with E-state index < -0.39 is 33.7 Å². The van der Waals surface area contributed by atoms with Crippen LogP contribution in [-0.2, 0) is 33.8 Å². The summed E-state index contributed by atoms with van der Waals surface area (Å²) in [6.07, 6.45) is 6.40. The van der Waals surface area contributed by atoms with Crippen molar-refractivity contribution in [3.8, 4) is 11.3 Å². The lowest BCUT2D eigenvalue weighted by Crippen LogP contribution is -2.34. The summed E-state index contributed by atoms with van der Waals surface area (Å²) in [7, 11) is -2.21. The van der Waals surface area contributed by atoms with E-state index in [2.05, 4.69) is 5.32 Å². The van der Waals surface area contributed by atoms with Crippen molar-refractivity contribution >= 4 is 38.6 Å². The van der Waals surface area contributed by atoms with Gasteiger partial charge in [-0.15, -0.1) is 0 Å². The third-order valence-corrected chi connectivity index (χ3v) is 11.0. The lowest BCUT2D eigenvalue weighted by atomic mass is 9.79. The zero-order valence-electron chi connectivity index (χ0n) is 31.1. The summed E-state index contributed by atoms with van der Waals surface area (Å²) in [5, 5.41) is 23.4. The number of rotatable bonds is 20. The predicted octanol–water partition coefficient (Wildman–Crippen LogP) is 5.46. The van der Waals surface area contributed by atoms with E-state index in [0.29, 0.717) is 60.1 Å². The quantitative estimate of drug-likeness (QED) is 0.0576. The van der Waals surface area contributed by atoms with E-state index in [0.717, 1.165) is 56.4 Å². The second kappa shape index (κ2) is 19.0. The monoisotopic (exact) mass is 774 g/mol. The van der Waals surface area contributed by atoms with Crippen LogP contribution in [0.5, 0.6) is 0 Å². The van der Waals surface area contributed by atoms with Gasteiger partial charge in [0.15, 0.2) is 5.76 Å². The molecule has 5 rings (SSSR count). The second-order valence-corrected chi connectivity index (χ2v) is 15.7. The highest BCUT2D eigenvalue weighted by atomic mass is 32.2. The number of aliphatic hydroxyl groups excluding tert-OH is 2. The first-order valence-electron chi connectivity index (χ1n) is 18.5. The van der Waals surface area contributed by atoms with Crippen LogP contribution in [0.3, 0.4) is 0 Å². The molecule has 0 bridgehead atoms. The number of ether oxygens (including phenoxy) is 4. The molecule has 0 radical (unpaired) electrons. The second-order valence-electron chi connectivity index (χ2n) is 13.8. The molecule has 1 atom stereocenters. The number of benzene rings is 2. The van der Waals surface area contributed by atoms with Gasteiger partial charge in [-0.1, -0.05) is 0 Å². The van der Waals surface area contributed by atoms with Crippen molar-refractivity contribution in [2.45, 2.75) is 57.5 Å². The van der Waals surface area contributed by atoms with Crippen LogP contribution in [0.2, 0.25) is 0 Å². The summed E-state index contributed by atoms with van der Waals surface area (Å²) < 4.78 is 69.4. The number of furan rings is 1. The number of nitrogens with one attached hydrogen (secondary N) is 1. The number of hydrogen-bond acceptors (Lipinski definition) is 11. The van der Waals surface area contributed by atoms with Crippen molar-refractivity contribution in [2.75, 3.05) is 70.4 Å². The number of fused-ring (bicyclic) bond motifs is 1. The molecule has 15 heteroatoms. The normalized spacial score (nSPS) is 18.4. The number of esters is 1. The summed E-state index contributed by atoms with van der Waals surface area (Å²) in [4.78, 5) is 24.6. The number of sulfonamides is 1. The average molecular weight is 775 g/mol. The van der Waals surface area contributed by atoms with E-state index in [-0.39, 0.29) is 49.9 Å². The summed E-state index contributed by atoms with van der Waals surface area (Å²) in [6, 6.07) is 9.15. The van der Waals surface area contributed by atoms with Crippen LogP contribution < -0.4 is 9.62 Å². The first-order chi connectivity index (χ1) is 25.9. The van der Waals surface area contributed by atoms with Crippen molar-refractivity contribution in [3.05, 3.63) is 65.2 Å². The molecule has 2 aliphatic carbocycles. The molecular weight excluding hydrogens is 723 g/mol. The molecule has 2 saturated carbocycles. The zero-order chi connectivity index (χ0) is 38.8. The number of amides is 1. The molecule has 2 aromatic carbocycles. The number of aliphatic hydroxyl groups is 2. The van der Waals surface area contributed by atoms with Crippen molar-refractivity contribution < 1.29 is 56.0 Å². The Bertz CT molecular complexity index is 1870. The molecule has 2 fully saturated rings. The Kier molecular flexibility index (Phi) is 14.5. The SMILES string of the molecule is CCOC(=O)/C(O)=C/C(O)C1CCC(COCCOCCOCCN(c2cc3oc(-c4ccc(F)cc4)c(C(=O)NC)c3cc2C2CC2)S(C)(=O)=O)CC1. The van der Waals surface area contributed by atoms with Gasteiger partial charge in [-0.05, 0) is 105 Å². The van der Waals surface area contributed by atoms with E-state index in [1.54, 1.807) is 13.0 Å². The third-order valence-electron chi connectivity index (χ3n) is 9.81. The van der Waals surface area contributed by atoms with Gasteiger partial charge in [0.05, 0.1) is 69.8 Å². The average Bonchev–Trinajstić information content (AvgIpc) is 3.93. The van der Waals surface area contributed by atoms with Gasteiger partial charge in [0.2, 0.25) is 10.0 Å². The standard InChI is InChI=1S/C39H51FN2O11S/c1-4-52-39(46)34(44)23-33(43)27-7-5-25(6-8-27)24-51-20-19-50-18-17-49-16-15-42(54(3,47)48)32-22-35-31(21-30(32)26-9-10-26)36(38(45)41-2)37(53-35)28-11-13-29(40)14-12-28/h11-14,21-23,25-27,33,43-44H,4-10,15-20,24H2,1-3H3,(H,41,45)/b34-23-. The van der Waals surface area contributed by atoms with Crippen LogP contribution in [0.25, 0.3) is 22.3 Å². The molecule has 13 nitrogen and oxygen atoms in total. The van der Waals surface area contributed by atoms with E-state index in [1.165, 1.54) is 35.6 Å². The Hall–Kier alpha value is -4.02. The fraction of sp³-hybridized carbons (Fsp3) is 0.538. The number of carbonyl (C=O) groups excluding carboxylic acids is 2. The van der Waals surface area contributed by atoms with Crippen molar-refractivity contribution in [1.29, 1.82) is 0 Å². The maximum Gasteiger partial charge on any atom is 0.373 e. The molecule has 2 aliphatic rings. The first kappa shape index (κ1) is 41.1. The molecular formula is C39H51FN2O11S. The van der Waals surface area contributed by atoms with Crippen LogP contribution >= 0.6 is 0 Å². The van der Waals surface area contributed by atoms with Gasteiger partial charge in [0, 0.05) is 30.7 Å². The largest absolute Gasteiger partial charge is 0.502 e. The molecule has 0 saturated heterocycles. The summed E-state index contributed by atoms with van der Waals surface area (Å²) in [5.74, 6) is -1.49. The first-order valence-corrected chi connectivity index (χ1v) is 20.3. The highest BCUT2D eigenvalue weighted by molar-refractivity contribution is 7.92. The number of anilines is 1. The van der Waals surface area contributed by atoms with Gasteiger partial charge >= 0.3 is 5.97 Å². The predicted molar refractivity (Wildman–Crippen MR) is 200 cm³/mol. The van der Waals surface area contributed by atoms with Crippen LogP contribution in [-0.4, -0.2) is 103 Å². The van der Waals surface area contributed by atoms with Gasteiger partial charge in [0.25, 0.3) is 5.91 Å². The van der Waals surface area contributed by atoms with Crippen LogP contribution in [0.15, 0.2) is 52.7 Å². The molecule has 1 aromatic heterocycles. The Balaban J connectivity index is 1.08. The van der Waals surface area contributed by atoms with E-state index in [9.17, 15) is 32.6 Å². The maximum absolute atomic E-state index is 13.7. The number of hydrogen-bond donors (Lipinski definition) is 3. The van der Waals surface area contributed by atoms with Gasteiger partial charge in [-0.25, -0.2) is 17.6 Å². The highest BCUT2D eigenvalue weighted by Gasteiger charge is 2.33. The number of halogens is 1. The highest BCUT2D eigenvalue weighted by Crippen LogP contribution is 2.48. The van der Waals surface area contributed by atoms with Crippen molar-refractivity contribution in [3.63, 3.8) is 0 Å². The minimum absolute atomic E-state index is 0.0450. The lowest BCUT2D eigenvalue weighted by molar-refractivity contribution is -0.141. The van der Waals surface area contributed by atoms with E-state index in [1.807, 2.05) is 6.07 Å². The summed E-state index contributed by atoms with van der Waals surface area (Å²) in [6.45, 7) is 3.87. The van der Waals surface area contributed by atoms with Crippen LogP contribution in [0, 0.1) is 17.7 Å². The molecule has 296 valence electrons. The van der Waals surface area contributed by atoms with E-state index in [4.69, 9.17) is 23.4 Å². The Morgan fingerprint density at radius 1 is 1.00 bits per heavy atom. The Morgan fingerprint density at radius 2 is 1.65 bits per heavy atom. The fourth-order valence-corrected chi connectivity index (χ4v) is 7.73. The molecule has 0 aliphatic heterocycles. The lowest BCUT2D eigenvalue weighted by Gasteiger charge is -2.30. The smallest absolute Gasteiger partial charge is 0.373 e. The summed E-state index contributed by atoms with van der Waals surface area (Å²) in [5.41, 5.74) is 2.44. The molecule has 3 aromatic rings. The van der Waals surface area contributed by atoms with Gasteiger partial charge in [-0.3, -0.25) is 9.10 Å². The van der Waals surface area contributed by atoms with Gasteiger partial charge in [0.1, 0.15) is 17.2 Å². The molecule has 1 heterocycles.